The Morgan fingerprint density at radius 2 is 1.90 bits per heavy atom. The van der Waals surface area contributed by atoms with Gasteiger partial charge in [-0.05, 0) is 52.4 Å². The standard InChI is InChI=1S/C16H23BrN2S/c1-3-16(4-2)7-9-19(10-8-16)14-6-5-12(15(18)20)11-13(14)17/h5-6,11H,3-4,7-10H2,1-2H3,(H2,18,20). The lowest BCUT2D eigenvalue weighted by Crippen LogP contribution is -2.39. The lowest BCUT2D eigenvalue weighted by molar-refractivity contribution is 0.199. The topological polar surface area (TPSA) is 29.3 Å². The van der Waals surface area contributed by atoms with E-state index >= 15 is 0 Å². The largest absolute Gasteiger partial charge is 0.389 e. The second-order valence-electron chi connectivity index (χ2n) is 5.72. The fraction of sp³-hybridized carbons (Fsp3) is 0.562. The average Bonchev–Trinajstić information content (AvgIpc) is 2.47. The van der Waals surface area contributed by atoms with E-state index < -0.39 is 0 Å². The van der Waals surface area contributed by atoms with Gasteiger partial charge in [-0.15, -0.1) is 0 Å². The van der Waals surface area contributed by atoms with Gasteiger partial charge in [0.25, 0.3) is 0 Å². The number of hydrogen-bond acceptors (Lipinski definition) is 2. The lowest BCUT2D eigenvalue weighted by atomic mass is 9.74. The zero-order valence-corrected chi connectivity index (χ0v) is 14.7. The molecule has 1 aromatic rings. The van der Waals surface area contributed by atoms with Crippen molar-refractivity contribution in [3.8, 4) is 0 Å². The van der Waals surface area contributed by atoms with Crippen molar-refractivity contribution in [1.82, 2.24) is 0 Å². The molecule has 110 valence electrons. The maximum absolute atomic E-state index is 5.68. The Bertz CT molecular complexity index is 487. The Balaban J connectivity index is 2.13. The third kappa shape index (κ3) is 3.17. The van der Waals surface area contributed by atoms with Crippen LogP contribution in [0.1, 0.15) is 45.1 Å². The summed E-state index contributed by atoms with van der Waals surface area (Å²) in [6.45, 7) is 6.91. The second kappa shape index (κ2) is 6.44. The zero-order chi connectivity index (χ0) is 14.8. The van der Waals surface area contributed by atoms with Gasteiger partial charge in [-0.1, -0.05) is 38.9 Å². The Hall–Kier alpha value is -0.610. The lowest BCUT2D eigenvalue weighted by Gasteiger charge is -2.42. The molecule has 2 rings (SSSR count). The van der Waals surface area contributed by atoms with Gasteiger partial charge in [-0.2, -0.15) is 0 Å². The van der Waals surface area contributed by atoms with Gasteiger partial charge in [0.05, 0.1) is 5.69 Å². The van der Waals surface area contributed by atoms with Crippen LogP contribution in [0.15, 0.2) is 22.7 Å². The van der Waals surface area contributed by atoms with E-state index in [2.05, 4.69) is 40.7 Å². The van der Waals surface area contributed by atoms with Crippen LogP contribution in [0.4, 0.5) is 5.69 Å². The van der Waals surface area contributed by atoms with Crippen molar-refractivity contribution in [2.24, 2.45) is 11.1 Å². The van der Waals surface area contributed by atoms with Gasteiger partial charge < -0.3 is 10.6 Å². The molecule has 0 amide bonds. The molecule has 20 heavy (non-hydrogen) atoms. The summed E-state index contributed by atoms with van der Waals surface area (Å²) in [5.74, 6) is 0. The van der Waals surface area contributed by atoms with E-state index in [-0.39, 0.29) is 0 Å². The van der Waals surface area contributed by atoms with Gasteiger partial charge >= 0.3 is 0 Å². The second-order valence-corrected chi connectivity index (χ2v) is 7.02. The first kappa shape index (κ1) is 15.8. The molecule has 1 aliphatic heterocycles. The summed E-state index contributed by atoms with van der Waals surface area (Å²) in [7, 11) is 0. The first-order chi connectivity index (χ1) is 9.51. The molecule has 1 fully saturated rings. The number of halogens is 1. The Kier molecular flexibility index (Phi) is 5.08. The summed E-state index contributed by atoms with van der Waals surface area (Å²) < 4.78 is 1.09. The molecule has 1 saturated heterocycles. The van der Waals surface area contributed by atoms with Crippen LogP contribution in [0.3, 0.4) is 0 Å². The van der Waals surface area contributed by atoms with Gasteiger partial charge in [0.1, 0.15) is 4.99 Å². The van der Waals surface area contributed by atoms with Crippen molar-refractivity contribution in [2.75, 3.05) is 18.0 Å². The highest BCUT2D eigenvalue weighted by atomic mass is 79.9. The smallest absolute Gasteiger partial charge is 0.104 e. The normalized spacial score (nSPS) is 18.1. The molecule has 0 aromatic heterocycles. The van der Waals surface area contributed by atoms with E-state index in [0.29, 0.717) is 10.4 Å². The van der Waals surface area contributed by atoms with Crippen molar-refractivity contribution in [3.63, 3.8) is 0 Å². The molecule has 0 radical (unpaired) electrons. The summed E-state index contributed by atoms with van der Waals surface area (Å²) in [4.78, 5) is 2.92. The molecule has 0 atom stereocenters. The quantitative estimate of drug-likeness (QED) is 0.807. The summed E-state index contributed by atoms with van der Waals surface area (Å²) in [5, 5.41) is 0. The number of benzene rings is 1. The molecule has 0 saturated carbocycles. The number of thiocarbonyl (C=S) groups is 1. The van der Waals surface area contributed by atoms with E-state index in [4.69, 9.17) is 18.0 Å². The summed E-state index contributed by atoms with van der Waals surface area (Å²) in [6, 6.07) is 6.17. The summed E-state index contributed by atoms with van der Waals surface area (Å²) >= 11 is 8.68. The number of rotatable bonds is 4. The van der Waals surface area contributed by atoms with Gasteiger partial charge in [0.15, 0.2) is 0 Å². The Morgan fingerprint density at radius 1 is 1.30 bits per heavy atom. The molecule has 0 aliphatic carbocycles. The van der Waals surface area contributed by atoms with E-state index in [0.717, 1.165) is 23.1 Å². The molecule has 0 bridgehead atoms. The van der Waals surface area contributed by atoms with Crippen molar-refractivity contribution in [3.05, 3.63) is 28.2 Å². The molecule has 4 heteroatoms. The minimum Gasteiger partial charge on any atom is -0.389 e. The highest BCUT2D eigenvalue weighted by molar-refractivity contribution is 9.10. The summed E-state index contributed by atoms with van der Waals surface area (Å²) in [5.41, 5.74) is 8.41. The maximum atomic E-state index is 5.68. The zero-order valence-electron chi connectivity index (χ0n) is 12.3. The molecule has 1 aromatic carbocycles. The third-order valence-corrected chi connectivity index (χ3v) is 5.77. The summed E-state index contributed by atoms with van der Waals surface area (Å²) in [6.07, 6.45) is 5.14. The van der Waals surface area contributed by atoms with Gasteiger partial charge in [0.2, 0.25) is 0 Å². The SMILES string of the molecule is CCC1(CC)CCN(c2ccc(C(N)=S)cc2Br)CC1. The minimum atomic E-state index is 0.451. The van der Waals surface area contributed by atoms with E-state index in [9.17, 15) is 0 Å². The van der Waals surface area contributed by atoms with Crippen LogP contribution in [0.25, 0.3) is 0 Å². The van der Waals surface area contributed by atoms with Crippen molar-refractivity contribution >= 4 is 38.8 Å². The van der Waals surface area contributed by atoms with E-state index in [1.165, 1.54) is 31.4 Å². The number of nitrogens with zero attached hydrogens (tertiary/aromatic N) is 1. The number of hydrogen-bond donors (Lipinski definition) is 1. The maximum Gasteiger partial charge on any atom is 0.104 e. The van der Waals surface area contributed by atoms with Crippen LogP contribution in [0.2, 0.25) is 0 Å². The van der Waals surface area contributed by atoms with Crippen LogP contribution in [-0.2, 0) is 0 Å². The van der Waals surface area contributed by atoms with Crippen LogP contribution >= 0.6 is 28.1 Å². The predicted octanol–water partition coefficient (Wildman–Crippen LogP) is 4.49. The number of nitrogens with two attached hydrogens (primary N) is 1. The predicted molar refractivity (Wildman–Crippen MR) is 94.5 cm³/mol. The molecule has 0 unspecified atom stereocenters. The van der Waals surface area contributed by atoms with Gasteiger partial charge in [-0.25, -0.2) is 0 Å². The average molecular weight is 355 g/mol. The number of piperidine rings is 1. The molecule has 1 aliphatic rings. The fourth-order valence-electron chi connectivity index (χ4n) is 3.10. The first-order valence-corrected chi connectivity index (χ1v) is 8.56. The molecule has 1 heterocycles. The molecular formula is C16H23BrN2S. The third-order valence-electron chi connectivity index (χ3n) is 4.90. The molecule has 2 nitrogen and oxygen atoms in total. The van der Waals surface area contributed by atoms with Crippen LogP contribution < -0.4 is 10.6 Å². The fourth-order valence-corrected chi connectivity index (χ4v) is 3.85. The highest BCUT2D eigenvalue weighted by Crippen LogP contribution is 2.40. The highest BCUT2D eigenvalue weighted by Gasteiger charge is 2.31. The van der Waals surface area contributed by atoms with Crippen LogP contribution in [0.5, 0.6) is 0 Å². The molecule has 0 spiro atoms. The molecular weight excluding hydrogens is 332 g/mol. The van der Waals surface area contributed by atoms with Crippen molar-refractivity contribution in [2.45, 2.75) is 39.5 Å². The minimum absolute atomic E-state index is 0.451. The molecule has 2 N–H and O–H groups in total. The first-order valence-electron chi connectivity index (χ1n) is 7.35. The monoisotopic (exact) mass is 354 g/mol. The number of anilines is 1. The van der Waals surface area contributed by atoms with Crippen molar-refractivity contribution < 1.29 is 0 Å². The Morgan fingerprint density at radius 3 is 2.35 bits per heavy atom. The Labute approximate surface area is 135 Å². The van der Waals surface area contributed by atoms with Gasteiger partial charge in [0, 0.05) is 23.1 Å². The van der Waals surface area contributed by atoms with E-state index in [1.54, 1.807) is 0 Å². The van der Waals surface area contributed by atoms with Crippen LogP contribution in [-0.4, -0.2) is 18.1 Å². The van der Waals surface area contributed by atoms with Gasteiger partial charge in [-0.3, -0.25) is 0 Å². The van der Waals surface area contributed by atoms with Crippen molar-refractivity contribution in [1.29, 1.82) is 0 Å². The van der Waals surface area contributed by atoms with Crippen LogP contribution in [0, 0.1) is 5.41 Å². The van der Waals surface area contributed by atoms with E-state index in [1.807, 2.05) is 12.1 Å².